The highest BCUT2D eigenvalue weighted by Crippen LogP contribution is 2.31. The van der Waals surface area contributed by atoms with Crippen LogP contribution in [0.15, 0.2) is 47.0 Å². The summed E-state index contributed by atoms with van der Waals surface area (Å²) in [6.45, 7) is 0. The van der Waals surface area contributed by atoms with Crippen molar-refractivity contribution in [3.8, 4) is 0 Å². The van der Waals surface area contributed by atoms with E-state index in [0.29, 0.717) is 12.0 Å². The predicted molar refractivity (Wildman–Crippen MR) is 59.9 cm³/mol. The average molecular weight is 238 g/mol. The summed E-state index contributed by atoms with van der Waals surface area (Å²) in [5.74, 6) is -0.824. The Kier molecular flexibility index (Phi) is 3.15. The Balaban J connectivity index is 2.39. The number of rotatable bonds is 2. The highest BCUT2D eigenvalue weighted by Gasteiger charge is 2.22. The standard InChI is InChI=1S/C12H9ClFNO/c13-9-2-1-3-10(14)11(9)12(16)8-4-6-15-7-5-8/h2,4-7H,1,3H2. The maximum atomic E-state index is 13.6. The molecule has 1 heterocycles. The first-order chi connectivity index (χ1) is 7.70. The first-order valence-electron chi connectivity index (χ1n) is 4.89. The number of carbonyl (C=O) groups is 1. The molecular weight excluding hydrogens is 229 g/mol. The molecule has 0 amide bonds. The third kappa shape index (κ3) is 2.04. The Labute approximate surface area is 97.5 Å². The Morgan fingerprint density at radius 3 is 2.69 bits per heavy atom. The molecule has 1 aliphatic carbocycles. The summed E-state index contributed by atoms with van der Waals surface area (Å²) in [6, 6.07) is 3.09. The van der Waals surface area contributed by atoms with Crippen molar-refractivity contribution < 1.29 is 9.18 Å². The van der Waals surface area contributed by atoms with Gasteiger partial charge in [-0.25, -0.2) is 4.39 Å². The molecule has 82 valence electrons. The van der Waals surface area contributed by atoms with Crippen LogP contribution in [0.4, 0.5) is 4.39 Å². The molecule has 0 aromatic carbocycles. The van der Waals surface area contributed by atoms with Crippen molar-refractivity contribution in [2.24, 2.45) is 0 Å². The van der Waals surface area contributed by atoms with Crippen LogP contribution in [-0.4, -0.2) is 10.8 Å². The van der Waals surface area contributed by atoms with Gasteiger partial charge < -0.3 is 0 Å². The van der Waals surface area contributed by atoms with E-state index in [1.54, 1.807) is 18.2 Å². The predicted octanol–water partition coefficient (Wildman–Crippen LogP) is 3.40. The second-order valence-electron chi connectivity index (χ2n) is 3.44. The number of carbonyl (C=O) groups excluding carboxylic acids is 1. The monoisotopic (exact) mass is 237 g/mol. The molecule has 0 spiro atoms. The van der Waals surface area contributed by atoms with E-state index in [-0.39, 0.29) is 22.8 Å². The van der Waals surface area contributed by atoms with Gasteiger partial charge in [-0.15, -0.1) is 0 Å². The van der Waals surface area contributed by atoms with Gasteiger partial charge in [0, 0.05) is 24.4 Å². The quantitative estimate of drug-likeness (QED) is 0.738. The van der Waals surface area contributed by atoms with E-state index in [1.165, 1.54) is 12.4 Å². The third-order valence-corrected chi connectivity index (χ3v) is 2.71. The summed E-state index contributed by atoms with van der Waals surface area (Å²) in [5, 5.41) is 0.200. The number of aromatic nitrogens is 1. The number of hydrogen-bond acceptors (Lipinski definition) is 2. The fraction of sp³-hybridized carbons (Fsp3) is 0.167. The van der Waals surface area contributed by atoms with Gasteiger partial charge in [-0.1, -0.05) is 17.7 Å². The Hall–Kier alpha value is -1.48. The molecule has 2 nitrogen and oxygen atoms in total. The summed E-state index contributed by atoms with van der Waals surface area (Å²) >= 11 is 5.85. The number of pyridine rings is 1. The smallest absolute Gasteiger partial charge is 0.197 e. The molecule has 1 aromatic rings. The number of nitrogens with zero attached hydrogens (tertiary/aromatic N) is 1. The van der Waals surface area contributed by atoms with E-state index < -0.39 is 5.83 Å². The minimum absolute atomic E-state index is 0.0147. The molecule has 0 N–H and O–H groups in total. The van der Waals surface area contributed by atoms with Gasteiger partial charge in [-0.3, -0.25) is 9.78 Å². The van der Waals surface area contributed by atoms with Gasteiger partial charge in [0.2, 0.25) is 0 Å². The lowest BCUT2D eigenvalue weighted by molar-refractivity contribution is 0.103. The first kappa shape index (κ1) is 11.0. The van der Waals surface area contributed by atoms with Crippen LogP contribution in [0.3, 0.4) is 0 Å². The van der Waals surface area contributed by atoms with Crippen LogP contribution in [-0.2, 0) is 0 Å². The molecule has 0 fully saturated rings. The number of allylic oxidation sites excluding steroid dienone is 4. The highest BCUT2D eigenvalue weighted by atomic mass is 35.5. The van der Waals surface area contributed by atoms with Crippen LogP contribution in [0.5, 0.6) is 0 Å². The maximum Gasteiger partial charge on any atom is 0.197 e. The highest BCUT2D eigenvalue weighted by molar-refractivity contribution is 6.37. The van der Waals surface area contributed by atoms with Crippen LogP contribution < -0.4 is 0 Å². The summed E-state index contributed by atoms with van der Waals surface area (Å²) < 4.78 is 13.6. The van der Waals surface area contributed by atoms with Gasteiger partial charge in [0.25, 0.3) is 0 Å². The minimum Gasteiger partial charge on any atom is -0.288 e. The van der Waals surface area contributed by atoms with Gasteiger partial charge in [0.15, 0.2) is 5.78 Å². The molecule has 2 rings (SSSR count). The van der Waals surface area contributed by atoms with Crippen LogP contribution in [0.2, 0.25) is 0 Å². The number of hydrogen-bond donors (Lipinski definition) is 0. The lowest BCUT2D eigenvalue weighted by Gasteiger charge is -2.11. The summed E-state index contributed by atoms with van der Waals surface area (Å²) in [5.41, 5.74) is 0.382. The molecule has 0 saturated heterocycles. The van der Waals surface area contributed by atoms with Crippen molar-refractivity contribution in [3.63, 3.8) is 0 Å². The van der Waals surface area contributed by atoms with Crippen molar-refractivity contribution in [1.29, 1.82) is 0 Å². The van der Waals surface area contributed by atoms with Gasteiger partial charge in [0.05, 0.1) is 10.6 Å². The summed E-state index contributed by atoms with van der Waals surface area (Å²) in [7, 11) is 0. The van der Waals surface area contributed by atoms with Crippen LogP contribution in [0, 0.1) is 0 Å². The van der Waals surface area contributed by atoms with Crippen molar-refractivity contribution in [2.45, 2.75) is 12.8 Å². The van der Waals surface area contributed by atoms with Crippen LogP contribution >= 0.6 is 11.6 Å². The third-order valence-electron chi connectivity index (χ3n) is 2.37. The summed E-state index contributed by atoms with van der Waals surface area (Å²) in [6.07, 6.45) is 5.43. The normalized spacial score (nSPS) is 16.0. The minimum atomic E-state index is -0.436. The van der Waals surface area contributed by atoms with Crippen molar-refractivity contribution in [2.75, 3.05) is 0 Å². The molecule has 0 saturated carbocycles. The van der Waals surface area contributed by atoms with Gasteiger partial charge >= 0.3 is 0 Å². The molecule has 0 radical (unpaired) electrons. The molecule has 0 unspecified atom stereocenters. The van der Waals surface area contributed by atoms with Gasteiger partial charge in [-0.2, -0.15) is 0 Å². The van der Waals surface area contributed by atoms with Crippen molar-refractivity contribution >= 4 is 17.4 Å². The number of ketones is 1. The van der Waals surface area contributed by atoms with Crippen LogP contribution in [0.25, 0.3) is 0 Å². The lowest BCUT2D eigenvalue weighted by atomic mass is 9.98. The van der Waals surface area contributed by atoms with E-state index in [9.17, 15) is 9.18 Å². The SMILES string of the molecule is O=C(C1=C(F)CCC=C1Cl)c1ccncc1. The summed E-state index contributed by atoms with van der Waals surface area (Å²) in [4.78, 5) is 15.8. The Morgan fingerprint density at radius 2 is 2.06 bits per heavy atom. The zero-order valence-corrected chi connectivity index (χ0v) is 9.17. The van der Waals surface area contributed by atoms with E-state index in [2.05, 4.69) is 4.98 Å². The van der Waals surface area contributed by atoms with Crippen molar-refractivity contribution in [3.05, 3.63) is 52.6 Å². The van der Waals surface area contributed by atoms with Crippen molar-refractivity contribution in [1.82, 2.24) is 4.98 Å². The van der Waals surface area contributed by atoms with Crippen LogP contribution in [0.1, 0.15) is 23.2 Å². The number of Topliss-reactive ketones (excluding diaryl/α,β-unsaturated/α-hetero) is 1. The molecule has 16 heavy (non-hydrogen) atoms. The molecule has 1 aliphatic rings. The molecule has 0 bridgehead atoms. The Morgan fingerprint density at radius 1 is 1.38 bits per heavy atom. The average Bonchev–Trinajstić information content (AvgIpc) is 2.30. The van der Waals surface area contributed by atoms with E-state index >= 15 is 0 Å². The van der Waals surface area contributed by atoms with Gasteiger partial charge in [-0.05, 0) is 18.6 Å². The fourth-order valence-electron chi connectivity index (χ4n) is 1.56. The van der Waals surface area contributed by atoms with E-state index in [0.717, 1.165) is 0 Å². The van der Waals surface area contributed by atoms with E-state index in [4.69, 9.17) is 11.6 Å². The fourth-order valence-corrected chi connectivity index (χ4v) is 1.86. The topological polar surface area (TPSA) is 30.0 Å². The molecule has 0 aliphatic heterocycles. The lowest BCUT2D eigenvalue weighted by Crippen LogP contribution is -2.08. The largest absolute Gasteiger partial charge is 0.288 e. The van der Waals surface area contributed by atoms with E-state index in [1.807, 2.05) is 0 Å². The molecular formula is C12H9ClFNO. The number of halogens is 2. The second kappa shape index (κ2) is 4.58. The molecule has 4 heteroatoms. The Bertz CT molecular complexity index is 479. The maximum absolute atomic E-state index is 13.6. The zero-order valence-electron chi connectivity index (χ0n) is 8.41. The molecule has 0 atom stereocenters. The van der Waals surface area contributed by atoms with Gasteiger partial charge in [0.1, 0.15) is 5.83 Å². The second-order valence-corrected chi connectivity index (χ2v) is 3.84. The zero-order chi connectivity index (χ0) is 11.5. The first-order valence-corrected chi connectivity index (χ1v) is 5.27. The molecule has 1 aromatic heterocycles.